The number of hydrogen-bond acceptors (Lipinski definition) is 9. The molecule has 1 fully saturated rings. The van der Waals surface area contributed by atoms with Crippen LogP contribution in [0.1, 0.15) is 40.5 Å². The van der Waals surface area contributed by atoms with E-state index in [2.05, 4.69) is 20.4 Å². The molecule has 11 nitrogen and oxygen atoms in total. The van der Waals surface area contributed by atoms with Crippen molar-refractivity contribution in [3.8, 4) is 17.3 Å². The van der Waals surface area contributed by atoms with E-state index in [-0.39, 0.29) is 29.5 Å². The maximum Gasteiger partial charge on any atom is 0.347 e. The van der Waals surface area contributed by atoms with Gasteiger partial charge in [-0.15, -0.1) is 15.0 Å². The van der Waals surface area contributed by atoms with Gasteiger partial charge in [0.25, 0.3) is 5.91 Å². The molecular formula is C22H24N6O5. The van der Waals surface area contributed by atoms with Crippen LogP contribution < -0.4 is 9.47 Å². The Kier molecular flexibility index (Phi) is 6.48. The number of hydrogen-bond donors (Lipinski definition) is 0. The van der Waals surface area contributed by atoms with Gasteiger partial charge in [0.2, 0.25) is 5.88 Å². The van der Waals surface area contributed by atoms with E-state index in [4.69, 9.17) is 14.2 Å². The highest BCUT2D eigenvalue weighted by atomic mass is 16.5. The quantitative estimate of drug-likeness (QED) is 0.516. The SMILES string of the molecule is COC(=O)c1c(OC)ccnc1O[C@@H]1CC[C@@H](C)N(C(=O)c2ccccc2-n2ncnn2)C1. The third kappa shape index (κ3) is 4.47. The number of esters is 1. The van der Waals surface area contributed by atoms with Crippen LogP contribution >= 0.6 is 0 Å². The summed E-state index contributed by atoms with van der Waals surface area (Å²) in [6.07, 6.45) is 3.85. The Bertz CT molecular complexity index is 1140. The van der Waals surface area contributed by atoms with Crippen molar-refractivity contribution in [3.63, 3.8) is 0 Å². The van der Waals surface area contributed by atoms with Gasteiger partial charge >= 0.3 is 5.97 Å². The fraction of sp³-hybridized carbons (Fsp3) is 0.364. The van der Waals surface area contributed by atoms with Gasteiger partial charge in [0.15, 0.2) is 11.9 Å². The number of benzene rings is 1. The van der Waals surface area contributed by atoms with Gasteiger partial charge in [-0.05, 0) is 43.2 Å². The van der Waals surface area contributed by atoms with Gasteiger partial charge in [-0.2, -0.15) is 0 Å². The summed E-state index contributed by atoms with van der Waals surface area (Å²) in [5.74, 6) is -0.365. The maximum atomic E-state index is 13.5. The first-order valence-corrected chi connectivity index (χ1v) is 10.4. The lowest BCUT2D eigenvalue weighted by molar-refractivity contribution is 0.0357. The summed E-state index contributed by atoms with van der Waals surface area (Å²) < 4.78 is 16.2. The highest BCUT2D eigenvalue weighted by Gasteiger charge is 2.33. The van der Waals surface area contributed by atoms with Gasteiger partial charge in [-0.25, -0.2) is 9.78 Å². The molecule has 0 aliphatic carbocycles. The van der Waals surface area contributed by atoms with Crippen molar-refractivity contribution in [1.29, 1.82) is 0 Å². The third-order valence-corrected chi connectivity index (χ3v) is 5.56. The topological polar surface area (TPSA) is 122 Å². The second kappa shape index (κ2) is 9.63. The molecular weight excluding hydrogens is 428 g/mol. The highest BCUT2D eigenvalue weighted by Crippen LogP contribution is 2.30. The van der Waals surface area contributed by atoms with Gasteiger partial charge in [-0.1, -0.05) is 12.1 Å². The van der Waals surface area contributed by atoms with Crippen LogP contribution in [0.4, 0.5) is 0 Å². The second-order valence-corrected chi connectivity index (χ2v) is 7.55. The van der Waals surface area contributed by atoms with Crippen LogP contribution in [-0.4, -0.2) is 74.9 Å². The lowest BCUT2D eigenvalue weighted by Gasteiger charge is -2.38. The van der Waals surface area contributed by atoms with E-state index in [1.54, 1.807) is 29.2 Å². The Labute approximate surface area is 190 Å². The average molecular weight is 452 g/mol. The predicted molar refractivity (Wildman–Crippen MR) is 115 cm³/mol. The van der Waals surface area contributed by atoms with Crippen LogP contribution in [0.3, 0.4) is 0 Å². The van der Waals surface area contributed by atoms with Crippen molar-refractivity contribution in [2.24, 2.45) is 0 Å². The summed E-state index contributed by atoms with van der Waals surface area (Å²) in [4.78, 5) is 33.1. The number of piperidine rings is 1. The molecule has 0 unspecified atom stereocenters. The first kappa shape index (κ1) is 22.2. The number of nitrogens with zero attached hydrogens (tertiary/aromatic N) is 6. The maximum absolute atomic E-state index is 13.5. The van der Waals surface area contributed by atoms with Gasteiger partial charge in [0, 0.05) is 12.2 Å². The molecule has 2 aromatic heterocycles. The summed E-state index contributed by atoms with van der Waals surface area (Å²) in [5.41, 5.74) is 1.11. The number of ether oxygens (including phenoxy) is 3. The summed E-state index contributed by atoms with van der Waals surface area (Å²) in [6, 6.07) is 8.65. The van der Waals surface area contributed by atoms with Crippen LogP contribution in [0, 0.1) is 0 Å². The fourth-order valence-electron chi connectivity index (χ4n) is 3.85. The van der Waals surface area contributed by atoms with Gasteiger partial charge in [-0.3, -0.25) is 4.79 Å². The van der Waals surface area contributed by atoms with Gasteiger partial charge < -0.3 is 19.1 Å². The number of amides is 1. The predicted octanol–water partition coefficient (Wildman–Crippen LogP) is 1.92. The zero-order chi connectivity index (χ0) is 23.4. The molecule has 4 rings (SSSR count). The number of tetrazole rings is 1. The number of carbonyl (C=O) groups excluding carboxylic acids is 2. The number of methoxy groups -OCH3 is 2. The van der Waals surface area contributed by atoms with E-state index in [0.717, 1.165) is 6.42 Å². The minimum absolute atomic E-state index is 0.00698. The smallest absolute Gasteiger partial charge is 0.347 e. The summed E-state index contributed by atoms with van der Waals surface area (Å²) in [6.45, 7) is 2.31. The molecule has 0 radical (unpaired) electrons. The van der Waals surface area contributed by atoms with Crippen LogP contribution in [-0.2, 0) is 4.74 Å². The van der Waals surface area contributed by atoms with Crippen LogP contribution in [0.25, 0.3) is 5.69 Å². The molecule has 0 N–H and O–H groups in total. The number of pyridine rings is 1. The third-order valence-electron chi connectivity index (χ3n) is 5.56. The molecule has 3 aromatic rings. The van der Waals surface area contributed by atoms with Crippen molar-refractivity contribution in [3.05, 3.63) is 54.0 Å². The van der Waals surface area contributed by atoms with Gasteiger partial charge in [0.1, 0.15) is 17.5 Å². The van der Waals surface area contributed by atoms with Crippen LogP contribution in [0.15, 0.2) is 42.9 Å². The highest BCUT2D eigenvalue weighted by molar-refractivity contribution is 5.98. The fourth-order valence-corrected chi connectivity index (χ4v) is 3.85. The number of likely N-dealkylation sites (tertiary alicyclic amines) is 1. The zero-order valence-corrected chi connectivity index (χ0v) is 18.5. The van der Waals surface area contributed by atoms with E-state index < -0.39 is 5.97 Å². The normalized spacial score (nSPS) is 18.0. The minimum Gasteiger partial charge on any atom is -0.496 e. The summed E-state index contributed by atoms with van der Waals surface area (Å²) in [7, 11) is 2.73. The Balaban J connectivity index is 1.58. The van der Waals surface area contributed by atoms with Crippen molar-refractivity contribution in [1.82, 2.24) is 30.1 Å². The Morgan fingerprint density at radius 1 is 1.12 bits per heavy atom. The molecule has 0 spiro atoms. The number of carbonyl (C=O) groups is 2. The first-order chi connectivity index (χ1) is 16.0. The first-order valence-electron chi connectivity index (χ1n) is 10.4. The number of aromatic nitrogens is 5. The molecule has 1 aliphatic heterocycles. The van der Waals surface area contributed by atoms with Crippen LogP contribution in [0.5, 0.6) is 11.6 Å². The Morgan fingerprint density at radius 2 is 1.94 bits per heavy atom. The van der Waals surface area contributed by atoms with Crippen molar-refractivity contribution in [2.45, 2.75) is 31.9 Å². The summed E-state index contributed by atoms with van der Waals surface area (Å²) in [5, 5.41) is 11.7. The van der Waals surface area contributed by atoms with E-state index in [1.165, 1.54) is 31.5 Å². The van der Waals surface area contributed by atoms with E-state index >= 15 is 0 Å². The molecule has 11 heteroatoms. The monoisotopic (exact) mass is 452 g/mol. The lowest BCUT2D eigenvalue weighted by atomic mass is 9.99. The largest absolute Gasteiger partial charge is 0.496 e. The standard InChI is InChI=1S/C22H24N6O5/c1-14-8-9-15(33-20-19(22(30)32-3)18(31-2)10-11-23-20)12-27(14)21(29)16-6-4-5-7-17(16)28-25-13-24-26-28/h4-7,10-11,13-15H,8-9,12H2,1-3H3/t14-,15-/m1/s1. The van der Waals surface area contributed by atoms with E-state index in [9.17, 15) is 9.59 Å². The van der Waals surface area contributed by atoms with Gasteiger partial charge in [0.05, 0.1) is 26.3 Å². The zero-order valence-electron chi connectivity index (χ0n) is 18.5. The molecule has 2 atom stereocenters. The second-order valence-electron chi connectivity index (χ2n) is 7.55. The molecule has 1 saturated heterocycles. The number of para-hydroxylation sites is 1. The lowest BCUT2D eigenvalue weighted by Crippen LogP contribution is -2.49. The average Bonchev–Trinajstić information content (AvgIpc) is 3.39. The van der Waals surface area contributed by atoms with E-state index in [1.807, 2.05) is 13.0 Å². The molecule has 1 amide bonds. The molecule has 0 saturated carbocycles. The van der Waals surface area contributed by atoms with E-state index in [0.29, 0.717) is 30.0 Å². The van der Waals surface area contributed by atoms with Crippen molar-refractivity contribution >= 4 is 11.9 Å². The number of rotatable bonds is 6. The van der Waals surface area contributed by atoms with Crippen molar-refractivity contribution in [2.75, 3.05) is 20.8 Å². The molecule has 1 aliphatic rings. The minimum atomic E-state index is -0.610. The Hall–Kier alpha value is -4.02. The molecule has 33 heavy (non-hydrogen) atoms. The van der Waals surface area contributed by atoms with Crippen molar-refractivity contribution < 1.29 is 23.8 Å². The molecule has 1 aromatic carbocycles. The molecule has 172 valence electrons. The molecule has 0 bridgehead atoms. The van der Waals surface area contributed by atoms with Crippen LogP contribution in [0.2, 0.25) is 0 Å². The molecule has 3 heterocycles. The Morgan fingerprint density at radius 3 is 2.67 bits per heavy atom. The summed E-state index contributed by atoms with van der Waals surface area (Å²) >= 11 is 0.